The second kappa shape index (κ2) is 7.68. The van der Waals surface area contributed by atoms with E-state index in [-0.39, 0.29) is 0 Å². The molecular weight excluding hydrogens is 244 g/mol. The van der Waals surface area contributed by atoms with Gasteiger partial charge >= 0.3 is 0 Å². The number of hydrogen-bond acceptors (Lipinski definition) is 2. The molecule has 0 spiro atoms. The first-order chi connectivity index (χ1) is 9.76. The Morgan fingerprint density at radius 1 is 1.10 bits per heavy atom. The van der Waals surface area contributed by atoms with E-state index < -0.39 is 0 Å². The van der Waals surface area contributed by atoms with Gasteiger partial charge in [0.05, 0.1) is 0 Å². The van der Waals surface area contributed by atoms with Gasteiger partial charge in [-0.2, -0.15) is 0 Å². The molecule has 2 nitrogen and oxygen atoms in total. The molecule has 112 valence electrons. The smallest absolute Gasteiger partial charge is 0.0440 e. The van der Waals surface area contributed by atoms with Crippen molar-refractivity contribution in [2.45, 2.75) is 58.4 Å². The molecule has 1 fully saturated rings. The van der Waals surface area contributed by atoms with Gasteiger partial charge in [-0.3, -0.25) is 0 Å². The molecule has 0 heterocycles. The van der Waals surface area contributed by atoms with Crippen LogP contribution in [0.5, 0.6) is 0 Å². The molecule has 1 aromatic rings. The Morgan fingerprint density at radius 2 is 1.70 bits per heavy atom. The molecule has 1 aliphatic rings. The van der Waals surface area contributed by atoms with Crippen LogP contribution in [0.25, 0.3) is 0 Å². The number of aryl methyl sites for hydroxylation is 1. The minimum Gasteiger partial charge on any atom is -0.367 e. The van der Waals surface area contributed by atoms with Crippen LogP contribution in [0.4, 0.5) is 5.69 Å². The van der Waals surface area contributed by atoms with Gasteiger partial charge in [-0.15, -0.1) is 0 Å². The first-order valence-corrected chi connectivity index (χ1v) is 8.29. The van der Waals surface area contributed by atoms with E-state index >= 15 is 0 Å². The highest BCUT2D eigenvalue weighted by Gasteiger charge is 2.26. The molecule has 1 aliphatic carbocycles. The number of nitrogens with two attached hydrogens (primary N) is 1. The topological polar surface area (TPSA) is 29.3 Å². The predicted molar refractivity (Wildman–Crippen MR) is 88.2 cm³/mol. The Kier molecular flexibility index (Phi) is 5.90. The van der Waals surface area contributed by atoms with Crippen LogP contribution in [-0.4, -0.2) is 19.1 Å². The molecular formula is C18H30N2. The van der Waals surface area contributed by atoms with Crippen molar-refractivity contribution in [3.8, 4) is 0 Å². The Balaban J connectivity index is 2.15. The second-order valence-corrected chi connectivity index (χ2v) is 6.18. The lowest BCUT2D eigenvalue weighted by Crippen LogP contribution is -2.45. The minimum atomic E-state index is 0.501. The summed E-state index contributed by atoms with van der Waals surface area (Å²) >= 11 is 0. The highest BCUT2D eigenvalue weighted by atomic mass is 15.2. The van der Waals surface area contributed by atoms with E-state index in [4.69, 9.17) is 5.73 Å². The SMILES string of the molecule is CCN(c1ccc(C)cc1)C(CN)C1CCCCCC1. The van der Waals surface area contributed by atoms with Crippen LogP contribution >= 0.6 is 0 Å². The summed E-state index contributed by atoms with van der Waals surface area (Å²) in [7, 11) is 0. The number of nitrogens with zero attached hydrogens (tertiary/aromatic N) is 1. The fraction of sp³-hybridized carbons (Fsp3) is 0.667. The molecule has 1 unspecified atom stereocenters. The van der Waals surface area contributed by atoms with Crippen LogP contribution < -0.4 is 10.6 Å². The maximum atomic E-state index is 6.16. The standard InChI is InChI=1S/C18H30N2/c1-3-20(17-12-10-15(2)11-13-17)18(14-19)16-8-6-4-5-7-9-16/h10-13,16,18H,3-9,14,19H2,1-2H3. The van der Waals surface area contributed by atoms with Crippen molar-refractivity contribution in [2.75, 3.05) is 18.0 Å². The van der Waals surface area contributed by atoms with Crippen molar-refractivity contribution in [1.82, 2.24) is 0 Å². The first kappa shape index (κ1) is 15.4. The molecule has 1 atom stereocenters. The number of rotatable bonds is 5. The van der Waals surface area contributed by atoms with Crippen LogP contribution in [0.1, 0.15) is 51.0 Å². The average molecular weight is 274 g/mol. The molecule has 1 saturated carbocycles. The maximum absolute atomic E-state index is 6.16. The summed E-state index contributed by atoms with van der Waals surface area (Å²) in [5, 5.41) is 0. The molecule has 0 saturated heterocycles. The highest BCUT2D eigenvalue weighted by molar-refractivity contribution is 5.48. The van der Waals surface area contributed by atoms with Crippen LogP contribution in [-0.2, 0) is 0 Å². The summed E-state index contributed by atoms with van der Waals surface area (Å²) in [4.78, 5) is 2.52. The van der Waals surface area contributed by atoms with Crippen molar-refractivity contribution < 1.29 is 0 Å². The average Bonchev–Trinajstić information content (AvgIpc) is 2.75. The summed E-state index contributed by atoms with van der Waals surface area (Å²) in [6.45, 7) is 6.21. The van der Waals surface area contributed by atoms with Gasteiger partial charge in [0, 0.05) is 24.8 Å². The molecule has 2 heteroatoms. The largest absolute Gasteiger partial charge is 0.367 e. The quantitative estimate of drug-likeness (QED) is 0.818. The van der Waals surface area contributed by atoms with Crippen molar-refractivity contribution in [3.63, 3.8) is 0 Å². The minimum absolute atomic E-state index is 0.501. The van der Waals surface area contributed by atoms with E-state index in [0.29, 0.717) is 6.04 Å². The zero-order valence-corrected chi connectivity index (χ0v) is 13.1. The molecule has 2 rings (SSSR count). The van der Waals surface area contributed by atoms with E-state index in [1.807, 2.05) is 0 Å². The predicted octanol–water partition coefficient (Wildman–Crippen LogP) is 4.12. The highest BCUT2D eigenvalue weighted by Crippen LogP contribution is 2.30. The van der Waals surface area contributed by atoms with E-state index in [1.54, 1.807) is 0 Å². The Morgan fingerprint density at radius 3 is 2.20 bits per heavy atom. The van der Waals surface area contributed by atoms with E-state index in [1.165, 1.54) is 49.8 Å². The summed E-state index contributed by atoms with van der Waals surface area (Å²) in [6.07, 6.45) is 8.28. The number of likely N-dealkylation sites (N-methyl/N-ethyl adjacent to an activating group) is 1. The third-order valence-electron chi connectivity index (χ3n) is 4.79. The molecule has 20 heavy (non-hydrogen) atoms. The van der Waals surface area contributed by atoms with Crippen LogP contribution in [0.2, 0.25) is 0 Å². The first-order valence-electron chi connectivity index (χ1n) is 8.29. The summed E-state index contributed by atoms with van der Waals surface area (Å²) < 4.78 is 0. The lowest BCUT2D eigenvalue weighted by Gasteiger charge is -2.37. The lowest BCUT2D eigenvalue weighted by atomic mass is 9.90. The summed E-state index contributed by atoms with van der Waals surface area (Å²) in [6, 6.07) is 9.41. The zero-order valence-electron chi connectivity index (χ0n) is 13.1. The Labute approximate surface area is 124 Å². The monoisotopic (exact) mass is 274 g/mol. The summed E-state index contributed by atoms with van der Waals surface area (Å²) in [5.74, 6) is 0.767. The van der Waals surface area contributed by atoms with Gasteiger partial charge in [-0.1, -0.05) is 43.4 Å². The zero-order chi connectivity index (χ0) is 14.4. The molecule has 0 aromatic heterocycles. The van der Waals surface area contributed by atoms with E-state index in [9.17, 15) is 0 Å². The third kappa shape index (κ3) is 3.76. The van der Waals surface area contributed by atoms with Crippen molar-refractivity contribution in [2.24, 2.45) is 11.7 Å². The third-order valence-corrected chi connectivity index (χ3v) is 4.79. The fourth-order valence-electron chi connectivity index (χ4n) is 3.61. The molecule has 2 N–H and O–H groups in total. The van der Waals surface area contributed by atoms with Crippen molar-refractivity contribution >= 4 is 5.69 Å². The number of hydrogen-bond donors (Lipinski definition) is 1. The van der Waals surface area contributed by atoms with Gasteiger partial charge in [0.15, 0.2) is 0 Å². The molecule has 0 bridgehead atoms. The van der Waals surface area contributed by atoms with Gasteiger partial charge in [0.2, 0.25) is 0 Å². The van der Waals surface area contributed by atoms with Crippen LogP contribution in [0, 0.1) is 12.8 Å². The molecule has 0 amide bonds. The second-order valence-electron chi connectivity index (χ2n) is 6.18. The van der Waals surface area contributed by atoms with E-state index in [0.717, 1.165) is 19.0 Å². The van der Waals surface area contributed by atoms with Crippen LogP contribution in [0.15, 0.2) is 24.3 Å². The summed E-state index contributed by atoms with van der Waals surface area (Å²) in [5.41, 5.74) is 8.81. The number of benzene rings is 1. The normalized spacial score (nSPS) is 18.6. The fourth-order valence-corrected chi connectivity index (χ4v) is 3.61. The lowest BCUT2D eigenvalue weighted by molar-refractivity contribution is 0.361. The van der Waals surface area contributed by atoms with E-state index in [2.05, 4.69) is 43.0 Å². The Hall–Kier alpha value is -1.02. The van der Waals surface area contributed by atoms with Crippen molar-refractivity contribution in [1.29, 1.82) is 0 Å². The van der Waals surface area contributed by atoms with Gasteiger partial charge in [-0.25, -0.2) is 0 Å². The van der Waals surface area contributed by atoms with Gasteiger partial charge in [0.1, 0.15) is 0 Å². The van der Waals surface area contributed by atoms with Crippen molar-refractivity contribution in [3.05, 3.63) is 29.8 Å². The molecule has 0 aliphatic heterocycles. The maximum Gasteiger partial charge on any atom is 0.0440 e. The van der Waals surface area contributed by atoms with Crippen LogP contribution in [0.3, 0.4) is 0 Å². The van der Waals surface area contributed by atoms with Gasteiger partial charge < -0.3 is 10.6 Å². The Bertz CT molecular complexity index is 377. The molecule has 1 aromatic carbocycles. The van der Waals surface area contributed by atoms with Gasteiger partial charge in [-0.05, 0) is 44.7 Å². The van der Waals surface area contributed by atoms with Gasteiger partial charge in [0.25, 0.3) is 0 Å². The number of anilines is 1. The molecule has 0 radical (unpaired) electrons.